The predicted octanol–water partition coefficient (Wildman–Crippen LogP) is 4.47. The van der Waals surface area contributed by atoms with Gasteiger partial charge in [-0.05, 0) is 49.7 Å². The number of rotatable bonds is 9. The summed E-state index contributed by atoms with van der Waals surface area (Å²) >= 11 is 0. The lowest BCUT2D eigenvalue weighted by molar-refractivity contribution is 0.0697. The van der Waals surface area contributed by atoms with Crippen LogP contribution >= 0.6 is 0 Å². The molecule has 2 aromatic heterocycles. The first-order chi connectivity index (χ1) is 20.9. The third-order valence-corrected chi connectivity index (χ3v) is 8.24. The van der Waals surface area contributed by atoms with Crippen molar-refractivity contribution in [2.75, 3.05) is 37.7 Å². The number of hydrogen-bond acceptors (Lipinski definition) is 8. The van der Waals surface area contributed by atoms with Crippen LogP contribution in [0.15, 0.2) is 54.6 Å². The molecule has 0 radical (unpaired) electrons. The molecule has 2 fully saturated rings. The number of anilines is 1. The molecule has 43 heavy (non-hydrogen) atoms. The summed E-state index contributed by atoms with van der Waals surface area (Å²) in [7, 11) is 0. The Morgan fingerprint density at radius 1 is 1.19 bits per heavy atom. The van der Waals surface area contributed by atoms with E-state index in [1.165, 1.54) is 6.07 Å². The highest BCUT2D eigenvalue weighted by Crippen LogP contribution is 2.26. The Hall–Kier alpha value is -4.53. The number of piperazine rings is 1. The zero-order valence-corrected chi connectivity index (χ0v) is 23.9. The Balaban J connectivity index is 1.14. The minimum absolute atomic E-state index is 0.0140. The number of fused-ring (bicyclic) bond motifs is 1. The number of benzene rings is 2. The molecule has 222 valence electrons. The standard InChI is InChI=1S/C32H33FN6O4/c1-21-16-38(29-3-2-4-31(36-29)43-20-25-6-5-22(15-34)13-26(25)33)11-10-37(21)18-30-35-27-8-7-24(32(40)41)14-28(27)39(30)17-23-9-12-42-19-23/h2-8,13-14,21,23H,9-12,16-20H2,1H3,(H,40,41)/t21-,23+/m0/s1. The van der Waals surface area contributed by atoms with E-state index >= 15 is 0 Å². The van der Waals surface area contributed by atoms with Crippen molar-refractivity contribution in [2.45, 2.75) is 39.1 Å². The Bertz CT molecular complexity index is 1680. The van der Waals surface area contributed by atoms with Crippen LogP contribution in [0, 0.1) is 23.1 Å². The molecule has 0 unspecified atom stereocenters. The van der Waals surface area contributed by atoms with Crippen molar-refractivity contribution in [1.29, 1.82) is 5.26 Å². The van der Waals surface area contributed by atoms with Gasteiger partial charge in [-0.1, -0.05) is 12.1 Å². The summed E-state index contributed by atoms with van der Waals surface area (Å²) in [6.07, 6.45) is 0.977. The van der Waals surface area contributed by atoms with E-state index in [0.29, 0.717) is 30.5 Å². The van der Waals surface area contributed by atoms with Gasteiger partial charge in [0.2, 0.25) is 5.88 Å². The molecule has 0 amide bonds. The van der Waals surface area contributed by atoms with Crippen molar-refractivity contribution >= 4 is 22.8 Å². The van der Waals surface area contributed by atoms with Crippen molar-refractivity contribution in [3.8, 4) is 11.9 Å². The summed E-state index contributed by atoms with van der Waals surface area (Å²) in [5.74, 6) is 1.06. The monoisotopic (exact) mass is 584 g/mol. The minimum Gasteiger partial charge on any atom is -0.478 e. The first-order valence-electron chi connectivity index (χ1n) is 14.5. The van der Waals surface area contributed by atoms with Crippen LogP contribution in [0.1, 0.15) is 40.7 Å². The number of aromatic carboxylic acids is 1. The minimum atomic E-state index is -0.949. The molecule has 0 spiro atoms. The predicted molar refractivity (Wildman–Crippen MR) is 157 cm³/mol. The van der Waals surface area contributed by atoms with Gasteiger partial charge >= 0.3 is 5.97 Å². The second-order valence-electron chi connectivity index (χ2n) is 11.2. The number of pyridine rings is 1. The van der Waals surface area contributed by atoms with Crippen LogP contribution < -0.4 is 9.64 Å². The van der Waals surface area contributed by atoms with Crippen LogP contribution in [0.4, 0.5) is 10.2 Å². The summed E-state index contributed by atoms with van der Waals surface area (Å²) in [5, 5.41) is 18.5. The molecule has 11 heteroatoms. The number of carboxylic acids is 1. The molecule has 2 aromatic carbocycles. The molecule has 0 saturated carbocycles. The lowest BCUT2D eigenvalue weighted by atomic mass is 10.1. The van der Waals surface area contributed by atoms with E-state index in [1.807, 2.05) is 18.2 Å². The fourth-order valence-electron chi connectivity index (χ4n) is 5.78. The van der Waals surface area contributed by atoms with Gasteiger partial charge in [-0.25, -0.2) is 14.2 Å². The number of hydrogen-bond donors (Lipinski definition) is 1. The van der Waals surface area contributed by atoms with E-state index < -0.39 is 11.8 Å². The van der Waals surface area contributed by atoms with Gasteiger partial charge in [0.05, 0.1) is 41.4 Å². The quantitative estimate of drug-likeness (QED) is 0.304. The molecule has 10 nitrogen and oxygen atoms in total. The number of carboxylic acid groups (broad SMARTS) is 1. The van der Waals surface area contributed by atoms with Gasteiger partial charge in [-0.15, -0.1) is 0 Å². The van der Waals surface area contributed by atoms with Crippen LogP contribution in [0.3, 0.4) is 0 Å². The molecule has 2 aliphatic rings. The Morgan fingerprint density at radius 2 is 2.07 bits per heavy atom. The van der Waals surface area contributed by atoms with Crippen molar-refractivity contribution < 1.29 is 23.8 Å². The second kappa shape index (κ2) is 12.4. The molecule has 1 N–H and O–H groups in total. The fourth-order valence-corrected chi connectivity index (χ4v) is 5.78. The molecule has 2 saturated heterocycles. The third kappa shape index (κ3) is 6.30. The average Bonchev–Trinajstić information content (AvgIpc) is 3.65. The van der Waals surface area contributed by atoms with E-state index in [-0.39, 0.29) is 23.8 Å². The molecule has 0 bridgehead atoms. The molecule has 2 aliphatic heterocycles. The maximum atomic E-state index is 14.3. The largest absolute Gasteiger partial charge is 0.478 e. The number of carbonyl (C=O) groups is 1. The first-order valence-corrected chi connectivity index (χ1v) is 14.5. The van der Waals surface area contributed by atoms with Gasteiger partial charge in [-0.3, -0.25) is 4.90 Å². The molecular weight excluding hydrogens is 551 g/mol. The number of imidazole rings is 1. The lowest BCUT2D eigenvalue weighted by Gasteiger charge is -2.40. The van der Waals surface area contributed by atoms with Crippen LogP contribution in [-0.2, 0) is 24.4 Å². The number of ether oxygens (including phenoxy) is 2. The van der Waals surface area contributed by atoms with E-state index in [1.54, 1.807) is 36.4 Å². The van der Waals surface area contributed by atoms with Gasteiger partial charge in [0, 0.05) is 56.4 Å². The van der Waals surface area contributed by atoms with Gasteiger partial charge in [0.15, 0.2) is 0 Å². The van der Waals surface area contributed by atoms with Crippen LogP contribution in [-0.4, -0.2) is 69.4 Å². The maximum absolute atomic E-state index is 14.3. The van der Waals surface area contributed by atoms with E-state index in [4.69, 9.17) is 19.7 Å². The normalized spacial score (nSPS) is 19.0. The Kier molecular flexibility index (Phi) is 8.22. The van der Waals surface area contributed by atoms with Crippen molar-refractivity contribution in [2.24, 2.45) is 5.92 Å². The highest BCUT2D eigenvalue weighted by Gasteiger charge is 2.28. The maximum Gasteiger partial charge on any atom is 0.335 e. The van der Waals surface area contributed by atoms with E-state index in [9.17, 15) is 14.3 Å². The van der Waals surface area contributed by atoms with Crippen LogP contribution in [0.2, 0.25) is 0 Å². The number of nitriles is 1. The topological polar surface area (TPSA) is 117 Å². The lowest BCUT2D eigenvalue weighted by Crippen LogP contribution is -2.52. The molecule has 4 heterocycles. The van der Waals surface area contributed by atoms with Crippen LogP contribution in [0.5, 0.6) is 5.88 Å². The highest BCUT2D eigenvalue weighted by molar-refractivity contribution is 5.92. The Labute approximate surface area is 248 Å². The average molecular weight is 585 g/mol. The smallest absolute Gasteiger partial charge is 0.335 e. The zero-order chi connectivity index (χ0) is 29.9. The van der Waals surface area contributed by atoms with Gasteiger partial charge in [0.25, 0.3) is 0 Å². The summed E-state index contributed by atoms with van der Waals surface area (Å²) in [6, 6.07) is 17.2. The van der Waals surface area contributed by atoms with Crippen molar-refractivity contribution in [3.63, 3.8) is 0 Å². The van der Waals surface area contributed by atoms with Crippen molar-refractivity contribution in [3.05, 3.63) is 82.9 Å². The number of aromatic nitrogens is 3. The SMILES string of the molecule is C[C@H]1CN(c2cccc(OCc3ccc(C#N)cc3F)n2)CCN1Cc1nc2ccc(C(=O)O)cc2n1C[C@H]1CCOC1. The third-order valence-electron chi connectivity index (χ3n) is 8.24. The van der Waals surface area contributed by atoms with E-state index in [0.717, 1.165) is 61.9 Å². The van der Waals surface area contributed by atoms with Crippen molar-refractivity contribution in [1.82, 2.24) is 19.4 Å². The highest BCUT2D eigenvalue weighted by atomic mass is 19.1. The van der Waals surface area contributed by atoms with E-state index in [2.05, 4.69) is 26.3 Å². The molecule has 0 aliphatic carbocycles. The van der Waals surface area contributed by atoms with Gasteiger partial charge in [0.1, 0.15) is 24.1 Å². The second-order valence-corrected chi connectivity index (χ2v) is 11.2. The number of nitrogens with zero attached hydrogens (tertiary/aromatic N) is 6. The molecule has 4 aromatic rings. The Morgan fingerprint density at radius 3 is 2.81 bits per heavy atom. The summed E-state index contributed by atoms with van der Waals surface area (Å²) in [5.41, 5.74) is 2.52. The van der Waals surface area contributed by atoms with Gasteiger partial charge < -0.3 is 24.0 Å². The molecule has 6 rings (SSSR count). The zero-order valence-electron chi connectivity index (χ0n) is 23.9. The number of halogens is 1. The fraction of sp³-hybridized carbons (Fsp3) is 0.375. The first kappa shape index (κ1) is 28.6. The summed E-state index contributed by atoms with van der Waals surface area (Å²) < 4.78 is 27.9. The summed E-state index contributed by atoms with van der Waals surface area (Å²) in [4.78, 5) is 25.9. The van der Waals surface area contributed by atoms with Gasteiger partial charge in [-0.2, -0.15) is 10.2 Å². The molecule has 2 atom stereocenters. The molecular formula is C32H33FN6O4. The summed E-state index contributed by atoms with van der Waals surface area (Å²) in [6.45, 7) is 7.33. The van der Waals surface area contributed by atoms with Crippen LogP contribution in [0.25, 0.3) is 11.0 Å².